The summed E-state index contributed by atoms with van der Waals surface area (Å²) in [5.41, 5.74) is 0. The van der Waals surface area contributed by atoms with Crippen molar-refractivity contribution in [1.29, 1.82) is 0 Å². The van der Waals surface area contributed by atoms with Crippen molar-refractivity contribution in [2.75, 3.05) is 6.61 Å². The minimum absolute atomic E-state index is 0.0194. The molecule has 2 N–H and O–H groups in total. The summed E-state index contributed by atoms with van der Waals surface area (Å²) in [6.45, 7) is 1.38. The maximum absolute atomic E-state index is 10.6. The van der Waals surface area contributed by atoms with Crippen molar-refractivity contribution in [3.8, 4) is 0 Å². The summed E-state index contributed by atoms with van der Waals surface area (Å²) in [5.74, 6) is -1.01. The van der Waals surface area contributed by atoms with Crippen LogP contribution in [0.3, 0.4) is 0 Å². The molecular weight excluding hydrogens is 172 g/mol. The highest BCUT2D eigenvalue weighted by Gasteiger charge is 2.11. The molecule has 0 amide bonds. The number of hydrogen-bond donors (Lipinski definition) is 2. The largest absolute Gasteiger partial charge is 0.481 e. The number of carboxylic acids is 1. The Hall–Kier alpha value is -0.900. The lowest BCUT2D eigenvalue weighted by molar-refractivity contribution is -0.138. The number of ketones is 1. The van der Waals surface area contributed by atoms with Crippen LogP contribution in [-0.4, -0.2) is 28.6 Å². The van der Waals surface area contributed by atoms with E-state index in [2.05, 4.69) is 0 Å². The van der Waals surface area contributed by atoms with Gasteiger partial charge in [-0.25, -0.2) is 0 Å². The Kier molecular flexibility index (Phi) is 6.14. The molecule has 13 heavy (non-hydrogen) atoms. The first kappa shape index (κ1) is 12.1. The Morgan fingerprint density at radius 3 is 2.38 bits per heavy atom. The van der Waals surface area contributed by atoms with Crippen molar-refractivity contribution in [1.82, 2.24) is 0 Å². The molecule has 1 atom stereocenters. The van der Waals surface area contributed by atoms with Crippen LogP contribution in [0.15, 0.2) is 0 Å². The van der Waals surface area contributed by atoms with Crippen molar-refractivity contribution in [3.05, 3.63) is 0 Å². The van der Waals surface area contributed by atoms with E-state index in [1.165, 1.54) is 6.92 Å². The molecule has 0 saturated carbocycles. The van der Waals surface area contributed by atoms with Crippen LogP contribution in [0.25, 0.3) is 0 Å². The van der Waals surface area contributed by atoms with E-state index < -0.39 is 5.97 Å². The topological polar surface area (TPSA) is 74.6 Å². The van der Waals surface area contributed by atoms with Crippen LogP contribution in [0.5, 0.6) is 0 Å². The molecule has 0 spiro atoms. The van der Waals surface area contributed by atoms with Gasteiger partial charge in [0.2, 0.25) is 0 Å². The normalized spacial score (nSPS) is 12.5. The number of rotatable bonds is 7. The number of hydrogen-bond acceptors (Lipinski definition) is 3. The first-order valence-corrected chi connectivity index (χ1v) is 4.38. The van der Waals surface area contributed by atoms with Gasteiger partial charge in [0, 0.05) is 13.0 Å². The zero-order chi connectivity index (χ0) is 10.3. The molecule has 0 aliphatic heterocycles. The average molecular weight is 188 g/mol. The molecular formula is C9H16O4. The Labute approximate surface area is 77.6 Å². The summed E-state index contributed by atoms with van der Waals surface area (Å²) >= 11 is 0. The molecule has 0 fully saturated rings. The SMILES string of the molecule is CC(=O)CCCC(CO)CC(=O)O. The molecule has 1 unspecified atom stereocenters. The van der Waals surface area contributed by atoms with Gasteiger partial charge in [0.05, 0.1) is 6.42 Å². The number of Topliss-reactive ketones (excluding diaryl/α,β-unsaturated/α-hetero) is 1. The molecule has 0 aromatic carbocycles. The van der Waals surface area contributed by atoms with Crippen LogP contribution < -0.4 is 0 Å². The van der Waals surface area contributed by atoms with E-state index in [0.29, 0.717) is 19.3 Å². The Bertz CT molecular complexity index is 176. The van der Waals surface area contributed by atoms with Crippen molar-refractivity contribution in [2.24, 2.45) is 5.92 Å². The monoisotopic (exact) mass is 188 g/mol. The van der Waals surface area contributed by atoms with Crippen LogP contribution >= 0.6 is 0 Å². The number of carbonyl (C=O) groups is 2. The summed E-state index contributed by atoms with van der Waals surface area (Å²) < 4.78 is 0. The van der Waals surface area contributed by atoms with Crippen LogP contribution in [0.1, 0.15) is 32.6 Å². The van der Waals surface area contributed by atoms with Crippen LogP contribution in [0.4, 0.5) is 0 Å². The van der Waals surface area contributed by atoms with Crippen LogP contribution in [-0.2, 0) is 9.59 Å². The molecule has 0 aromatic rings. The lowest BCUT2D eigenvalue weighted by Gasteiger charge is -2.09. The molecule has 76 valence electrons. The van der Waals surface area contributed by atoms with Crippen molar-refractivity contribution >= 4 is 11.8 Å². The fourth-order valence-electron chi connectivity index (χ4n) is 1.14. The molecule has 0 bridgehead atoms. The third kappa shape index (κ3) is 7.46. The van der Waals surface area contributed by atoms with Gasteiger partial charge in [0.15, 0.2) is 0 Å². The van der Waals surface area contributed by atoms with E-state index >= 15 is 0 Å². The second kappa shape index (κ2) is 6.60. The predicted octanol–water partition coefficient (Wildman–Crippen LogP) is 0.829. The maximum atomic E-state index is 10.6. The minimum atomic E-state index is -0.901. The van der Waals surface area contributed by atoms with Crippen molar-refractivity contribution < 1.29 is 19.8 Å². The van der Waals surface area contributed by atoms with E-state index in [9.17, 15) is 9.59 Å². The molecule has 4 heteroatoms. The van der Waals surface area contributed by atoms with E-state index in [-0.39, 0.29) is 24.7 Å². The van der Waals surface area contributed by atoms with E-state index in [4.69, 9.17) is 10.2 Å². The van der Waals surface area contributed by atoms with Crippen LogP contribution in [0.2, 0.25) is 0 Å². The zero-order valence-corrected chi connectivity index (χ0v) is 7.82. The fourth-order valence-corrected chi connectivity index (χ4v) is 1.14. The quantitative estimate of drug-likeness (QED) is 0.620. The highest BCUT2D eigenvalue weighted by atomic mass is 16.4. The fraction of sp³-hybridized carbons (Fsp3) is 0.778. The van der Waals surface area contributed by atoms with Gasteiger partial charge in [-0.3, -0.25) is 4.79 Å². The van der Waals surface area contributed by atoms with Crippen molar-refractivity contribution in [3.63, 3.8) is 0 Å². The lowest BCUT2D eigenvalue weighted by Crippen LogP contribution is -2.12. The van der Waals surface area contributed by atoms with Crippen LogP contribution in [0, 0.1) is 5.92 Å². The summed E-state index contributed by atoms with van der Waals surface area (Å²) in [7, 11) is 0. The molecule has 0 aliphatic carbocycles. The Morgan fingerprint density at radius 1 is 1.38 bits per heavy atom. The average Bonchev–Trinajstić information content (AvgIpc) is 2.01. The Balaban J connectivity index is 3.59. The molecule has 0 saturated heterocycles. The molecule has 0 aromatic heterocycles. The van der Waals surface area contributed by atoms with Gasteiger partial charge >= 0.3 is 5.97 Å². The molecule has 0 heterocycles. The third-order valence-electron chi connectivity index (χ3n) is 1.86. The minimum Gasteiger partial charge on any atom is -0.481 e. The lowest BCUT2D eigenvalue weighted by atomic mass is 9.99. The summed E-state index contributed by atoms with van der Waals surface area (Å²) in [4.78, 5) is 20.8. The highest BCUT2D eigenvalue weighted by molar-refractivity contribution is 5.75. The second-order valence-electron chi connectivity index (χ2n) is 3.24. The number of aliphatic hydroxyl groups excluding tert-OH is 1. The smallest absolute Gasteiger partial charge is 0.303 e. The number of carboxylic acid groups (broad SMARTS) is 1. The van der Waals surface area contributed by atoms with Gasteiger partial charge in [0.25, 0.3) is 0 Å². The van der Waals surface area contributed by atoms with E-state index in [1.54, 1.807) is 0 Å². The second-order valence-corrected chi connectivity index (χ2v) is 3.24. The standard InChI is InChI=1S/C9H16O4/c1-7(11)3-2-4-8(6-10)5-9(12)13/h8,10H,2-6H2,1H3,(H,12,13). The van der Waals surface area contributed by atoms with Gasteiger partial charge in [0.1, 0.15) is 5.78 Å². The molecule has 0 rings (SSSR count). The zero-order valence-electron chi connectivity index (χ0n) is 7.82. The molecule has 0 aliphatic rings. The summed E-state index contributed by atoms with van der Waals surface area (Å²) in [6.07, 6.45) is 1.71. The van der Waals surface area contributed by atoms with Gasteiger partial charge in [-0.15, -0.1) is 0 Å². The predicted molar refractivity (Wildman–Crippen MR) is 47.4 cm³/mol. The van der Waals surface area contributed by atoms with Crippen molar-refractivity contribution in [2.45, 2.75) is 32.6 Å². The van der Waals surface area contributed by atoms with Gasteiger partial charge in [-0.05, 0) is 25.7 Å². The first-order chi connectivity index (χ1) is 6.06. The molecule has 0 radical (unpaired) electrons. The highest BCUT2D eigenvalue weighted by Crippen LogP contribution is 2.12. The Morgan fingerprint density at radius 2 is 2.00 bits per heavy atom. The first-order valence-electron chi connectivity index (χ1n) is 4.38. The van der Waals surface area contributed by atoms with Gasteiger partial charge in [-0.2, -0.15) is 0 Å². The number of aliphatic carboxylic acids is 1. The summed E-state index contributed by atoms with van der Waals surface area (Å²) in [5, 5.41) is 17.2. The summed E-state index contributed by atoms with van der Waals surface area (Å²) in [6, 6.07) is 0. The number of carbonyl (C=O) groups excluding carboxylic acids is 1. The van der Waals surface area contributed by atoms with E-state index in [1.807, 2.05) is 0 Å². The molecule has 4 nitrogen and oxygen atoms in total. The van der Waals surface area contributed by atoms with E-state index in [0.717, 1.165) is 0 Å². The van der Waals surface area contributed by atoms with Gasteiger partial charge < -0.3 is 15.0 Å². The number of aliphatic hydroxyl groups is 1. The maximum Gasteiger partial charge on any atom is 0.303 e. The third-order valence-corrected chi connectivity index (χ3v) is 1.86. The van der Waals surface area contributed by atoms with Gasteiger partial charge in [-0.1, -0.05) is 0 Å².